The van der Waals surface area contributed by atoms with Crippen molar-refractivity contribution in [2.75, 3.05) is 4.90 Å². The molecule has 0 amide bonds. The molecule has 0 atom stereocenters. The molecule has 20 heavy (non-hydrogen) atoms. The van der Waals surface area contributed by atoms with Gasteiger partial charge in [0.05, 0.1) is 11.4 Å². The molecule has 95 valence electrons. The zero-order valence-corrected chi connectivity index (χ0v) is 11.6. The molecular formula is C18H12NS. The number of para-hydroxylation sites is 2. The van der Waals surface area contributed by atoms with Gasteiger partial charge in [0.15, 0.2) is 0 Å². The Morgan fingerprint density at radius 1 is 0.750 bits per heavy atom. The van der Waals surface area contributed by atoms with Crippen LogP contribution in [0.1, 0.15) is 0 Å². The average molecular weight is 274 g/mol. The summed E-state index contributed by atoms with van der Waals surface area (Å²) in [5, 5.41) is 0. The third kappa shape index (κ3) is 1.81. The molecule has 0 N–H and O–H groups in total. The molecule has 1 nitrogen and oxygen atoms in total. The third-order valence-electron chi connectivity index (χ3n) is 3.38. The van der Waals surface area contributed by atoms with E-state index in [1.165, 1.54) is 26.9 Å². The van der Waals surface area contributed by atoms with Gasteiger partial charge in [-0.1, -0.05) is 48.2 Å². The fourth-order valence-corrected chi connectivity index (χ4v) is 3.54. The van der Waals surface area contributed by atoms with Gasteiger partial charge >= 0.3 is 0 Å². The highest BCUT2D eigenvalue weighted by Crippen LogP contribution is 2.50. The van der Waals surface area contributed by atoms with Crippen molar-refractivity contribution in [3.63, 3.8) is 0 Å². The van der Waals surface area contributed by atoms with E-state index >= 15 is 0 Å². The summed E-state index contributed by atoms with van der Waals surface area (Å²) in [6.45, 7) is 0. The first-order chi connectivity index (χ1) is 9.93. The van der Waals surface area contributed by atoms with Crippen molar-refractivity contribution in [2.24, 2.45) is 0 Å². The summed E-state index contributed by atoms with van der Waals surface area (Å²) < 4.78 is 0. The normalized spacial score (nSPS) is 12.7. The van der Waals surface area contributed by atoms with Crippen molar-refractivity contribution < 1.29 is 0 Å². The molecule has 3 aromatic carbocycles. The minimum Gasteiger partial charge on any atom is -0.308 e. The largest absolute Gasteiger partial charge is 0.308 e. The molecule has 0 spiro atoms. The molecule has 4 rings (SSSR count). The maximum Gasteiger partial charge on any atom is 0.0607 e. The number of hydrogen-bond acceptors (Lipinski definition) is 2. The van der Waals surface area contributed by atoms with Gasteiger partial charge in [0.2, 0.25) is 0 Å². The van der Waals surface area contributed by atoms with E-state index in [4.69, 9.17) is 0 Å². The van der Waals surface area contributed by atoms with Crippen molar-refractivity contribution in [2.45, 2.75) is 9.79 Å². The molecule has 0 saturated carbocycles. The molecule has 0 aromatic heterocycles. The Morgan fingerprint density at radius 2 is 1.50 bits per heavy atom. The van der Waals surface area contributed by atoms with E-state index < -0.39 is 0 Å². The van der Waals surface area contributed by atoms with Crippen LogP contribution in [0, 0.1) is 6.07 Å². The summed E-state index contributed by atoms with van der Waals surface area (Å²) in [6.07, 6.45) is 0. The zero-order valence-electron chi connectivity index (χ0n) is 10.8. The summed E-state index contributed by atoms with van der Waals surface area (Å²) in [7, 11) is 0. The fourth-order valence-electron chi connectivity index (χ4n) is 2.50. The molecule has 0 unspecified atom stereocenters. The van der Waals surface area contributed by atoms with E-state index in [1.54, 1.807) is 0 Å². The first-order valence-corrected chi connectivity index (χ1v) is 7.37. The third-order valence-corrected chi connectivity index (χ3v) is 4.52. The topological polar surface area (TPSA) is 3.24 Å². The predicted molar refractivity (Wildman–Crippen MR) is 84.1 cm³/mol. The smallest absolute Gasteiger partial charge is 0.0607 e. The Hall–Kier alpha value is -2.19. The lowest BCUT2D eigenvalue weighted by Gasteiger charge is -2.32. The zero-order chi connectivity index (χ0) is 13.4. The van der Waals surface area contributed by atoms with Gasteiger partial charge in [-0.3, -0.25) is 0 Å². The lowest BCUT2D eigenvalue weighted by molar-refractivity contribution is 1.16. The van der Waals surface area contributed by atoms with E-state index in [2.05, 4.69) is 71.6 Å². The number of hydrogen-bond donors (Lipinski definition) is 0. The van der Waals surface area contributed by atoms with Gasteiger partial charge < -0.3 is 4.90 Å². The van der Waals surface area contributed by atoms with Gasteiger partial charge in [0, 0.05) is 15.5 Å². The van der Waals surface area contributed by atoms with Crippen molar-refractivity contribution in [1.29, 1.82) is 0 Å². The Kier molecular flexibility index (Phi) is 2.75. The lowest BCUT2D eigenvalue weighted by Crippen LogP contribution is -2.14. The SMILES string of the molecule is [c]1ccc2c(c1)N(c1ccccc1)c1ccccc1S2. The van der Waals surface area contributed by atoms with Crippen LogP contribution in [0.5, 0.6) is 0 Å². The molecule has 0 aliphatic carbocycles. The highest BCUT2D eigenvalue weighted by molar-refractivity contribution is 7.99. The molecule has 3 aromatic rings. The molecular weight excluding hydrogens is 262 g/mol. The molecule has 0 fully saturated rings. The van der Waals surface area contributed by atoms with Gasteiger partial charge in [-0.15, -0.1) is 0 Å². The second kappa shape index (κ2) is 4.73. The Bertz CT molecular complexity index is 707. The predicted octanol–water partition coefficient (Wildman–Crippen LogP) is 5.42. The molecule has 1 heterocycles. The summed E-state index contributed by atoms with van der Waals surface area (Å²) >= 11 is 1.82. The van der Waals surface area contributed by atoms with E-state index in [0.29, 0.717) is 0 Å². The molecule has 1 aliphatic heterocycles. The molecule has 2 heteroatoms. The minimum atomic E-state index is 1.18. The highest BCUT2D eigenvalue weighted by Gasteiger charge is 2.23. The monoisotopic (exact) mass is 274 g/mol. The Morgan fingerprint density at radius 3 is 2.40 bits per heavy atom. The van der Waals surface area contributed by atoms with Crippen LogP contribution in [0.4, 0.5) is 17.1 Å². The van der Waals surface area contributed by atoms with Gasteiger partial charge in [-0.2, -0.15) is 0 Å². The second-order valence-corrected chi connectivity index (χ2v) is 5.72. The van der Waals surface area contributed by atoms with Crippen molar-refractivity contribution in [3.8, 4) is 0 Å². The highest BCUT2D eigenvalue weighted by atomic mass is 32.2. The average Bonchev–Trinajstić information content (AvgIpc) is 2.53. The van der Waals surface area contributed by atoms with Crippen LogP contribution < -0.4 is 4.90 Å². The standard InChI is InChI=1S/C18H12NS/c1-2-8-14(9-3-1)19-15-10-4-6-12-17(15)20-18-13-7-5-11-16(18)19/h1-4,6-13H. The lowest BCUT2D eigenvalue weighted by atomic mass is 10.2. The van der Waals surface area contributed by atoms with E-state index in [0.717, 1.165) is 0 Å². The van der Waals surface area contributed by atoms with Gasteiger partial charge in [0.25, 0.3) is 0 Å². The second-order valence-electron chi connectivity index (χ2n) is 4.63. The minimum absolute atomic E-state index is 1.18. The van der Waals surface area contributed by atoms with Crippen LogP contribution in [0.3, 0.4) is 0 Å². The first kappa shape index (κ1) is 11.6. The maximum absolute atomic E-state index is 3.20. The molecule has 0 bridgehead atoms. The van der Waals surface area contributed by atoms with Gasteiger partial charge in [-0.05, 0) is 42.5 Å². The number of anilines is 3. The summed E-state index contributed by atoms with van der Waals surface area (Å²) in [5.74, 6) is 0. The molecule has 1 aliphatic rings. The van der Waals surface area contributed by atoms with Crippen LogP contribution >= 0.6 is 11.8 Å². The van der Waals surface area contributed by atoms with Gasteiger partial charge in [-0.25, -0.2) is 0 Å². The first-order valence-electron chi connectivity index (χ1n) is 6.56. The van der Waals surface area contributed by atoms with Crippen LogP contribution in [-0.2, 0) is 0 Å². The van der Waals surface area contributed by atoms with Gasteiger partial charge in [0.1, 0.15) is 0 Å². The number of nitrogens with zero attached hydrogens (tertiary/aromatic N) is 1. The summed E-state index contributed by atoms with van der Waals surface area (Å²) in [6, 6.07) is 28.4. The summed E-state index contributed by atoms with van der Waals surface area (Å²) in [4.78, 5) is 4.86. The van der Waals surface area contributed by atoms with Crippen LogP contribution in [-0.4, -0.2) is 0 Å². The van der Waals surface area contributed by atoms with Crippen LogP contribution in [0.15, 0.2) is 82.6 Å². The van der Waals surface area contributed by atoms with Crippen molar-refractivity contribution >= 4 is 28.8 Å². The molecule has 0 saturated heterocycles. The van der Waals surface area contributed by atoms with E-state index in [-0.39, 0.29) is 0 Å². The van der Waals surface area contributed by atoms with E-state index in [9.17, 15) is 0 Å². The van der Waals surface area contributed by atoms with Crippen molar-refractivity contribution in [3.05, 3.63) is 78.9 Å². The van der Waals surface area contributed by atoms with Crippen LogP contribution in [0.2, 0.25) is 0 Å². The number of benzene rings is 3. The fraction of sp³-hybridized carbons (Fsp3) is 0. The number of fused-ring (bicyclic) bond motifs is 2. The number of rotatable bonds is 1. The maximum atomic E-state index is 3.20. The summed E-state index contributed by atoms with van der Waals surface area (Å²) in [5.41, 5.74) is 3.61. The Balaban J connectivity index is 1.98. The Labute approximate surface area is 122 Å². The van der Waals surface area contributed by atoms with Crippen LogP contribution in [0.25, 0.3) is 0 Å². The van der Waals surface area contributed by atoms with E-state index in [1.807, 2.05) is 23.9 Å². The molecule has 1 radical (unpaired) electrons. The van der Waals surface area contributed by atoms with Crippen molar-refractivity contribution in [1.82, 2.24) is 0 Å². The quantitative estimate of drug-likeness (QED) is 0.456.